The summed E-state index contributed by atoms with van der Waals surface area (Å²) in [6, 6.07) is 11.7. The van der Waals surface area contributed by atoms with Crippen molar-refractivity contribution in [1.29, 1.82) is 0 Å². The highest BCUT2D eigenvalue weighted by Crippen LogP contribution is 2.27. The molecule has 0 aliphatic carbocycles. The summed E-state index contributed by atoms with van der Waals surface area (Å²) in [4.78, 5) is 4.44. The first-order valence-electron chi connectivity index (χ1n) is 5.87. The van der Waals surface area contributed by atoms with Crippen molar-refractivity contribution in [3.63, 3.8) is 0 Å². The number of para-hydroxylation sites is 2. The molecule has 0 aliphatic heterocycles. The van der Waals surface area contributed by atoms with Gasteiger partial charge in [-0.15, -0.1) is 0 Å². The SMILES string of the molecule is C[Si](C)Oc1ccccc1N=CCc1ccco1. The van der Waals surface area contributed by atoms with Gasteiger partial charge in [0.25, 0.3) is 9.04 Å². The van der Waals surface area contributed by atoms with E-state index in [4.69, 9.17) is 8.84 Å². The lowest BCUT2D eigenvalue weighted by Gasteiger charge is -2.10. The minimum absolute atomic E-state index is 0.692. The zero-order chi connectivity index (χ0) is 12.8. The largest absolute Gasteiger partial charge is 0.541 e. The van der Waals surface area contributed by atoms with Gasteiger partial charge in [-0.25, -0.2) is 0 Å². The average molecular weight is 258 g/mol. The molecular formula is C14H16NO2Si. The highest BCUT2D eigenvalue weighted by atomic mass is 28.3. The molecule has 0 amide bonds. The van der Waals surface area contributed by atoms with E-state index in [0.29, 0.717) is 6.42 Å². The molecule has 2 rings (SSSR count). The fraction of sp³-hybridized carbons (Fsp3) is 0.214. The molecule has 4 heteroatoms. The summed E-state index contributed by atoms with van der Waals surface area (Å²) >= 11 is 0. The molecule has 0 N–H and O–H groups in total. The van der Waals surface area contributed by atoms with E-state index >= 15 is 0 Å². The molecule has 93 valence electrons. The van der Waals surface area contributed by atoms with E-state index < -0.39 is 9.04 Å². The summed E-state index contributed by atoms with van der Waals surface area (Å²) in [5, 5.41) is 0. The van der Waals surface area contributed by atoms with E-state index in [0.717, 1.165) is 17.2 Å². The Hall–Kier alpha value is -1.81. The van der Waals surface area contributed by atoms with Crippen molar-refractivity contribution in [1.82, 2.24) is 0 Å². The van der Waals surface area contributed by atoms with E-state index in [-0.39, 0.29) is 0 Å². The topological polar surface area (TPSA) is 34.7 Å². The molecule has 0 bridgehead atoms. The van der Waals surface area contributed by atoms with Gasteiger partial charge in [-0.3, -0.25) is 4.99 Å². The molecule has 0 fully saturated rings. The predicted octanol–water partition coefficient (Wildman–Crippen LogP) is 3.85. The molecule has 0 saturated heterocycles. The number of rotatable bonds is 5. The monoisotopic (exact) mass is 258 g/mol. The highest BCUT2D eigenvalue weighted by Gasteiger charge is 2.04. The molecule has 0 saturated carbocycles. The first-order chi connectivity index (χ1) is 8.75. The second kappa shape index (κ2) is 6.21. The number of aliphatic imine (C=N–C) groups is 1. The maximum absolute atomic E-state index is 5.80. The zero-order valence-electron chi connectivity index (χ0n) is 10.6. The fourth-order valence-corrected chi connectivity index (χ4v) is 2.15. The standard InChI is InChI=1S/C14H16NO2Si/c1-18(2)17-14-8-4-3-7-13(14)15-10-9-12-6-5-11-16-12/h3-8,10-11H,9H2,1-2H3. The van der Waals surface area contributed by atoms with E-state index in [1.807, 2.05) is 42.6 Å². The van der Waals surface area contributed by atoms with Crippen molar-refractivity contribution >= 4 is 20.9 Å². The maximum atomic E-state index is 5.80. The van der Waals surface area contributed by atoms with E-state index in [1.54, 1.807) is 6.26 Å². The molecule has 2 aromatic rings. The summed E-state index contributed by atoms with van der Waals surface area (Å²) in [7, 11) is -0.769. The van der Waals surface area contributed by atoms with Crippen LogP contribution in [0.15, 0.2) is 52.1 Å². The lowest BCUT2D eigenvalue weighted by Crippen LogP contribution is -2.11. The predicted molar refractivity (Wildman–Crippen MR) is 75.1 cm³/mol. The van der Waals surface area contributed by atoms with E-state index in [9.17, 15) is 0 Å². The first-order valence-corrected chi connectivity index (χ1v) is 8.28. The number of hydrogen-bond acceptors (Lipinski definition) is 3. The Kier molecular flexibility index (Phi) is 4.36. The Morgan fingerprint density at radius 1 is 1.22 bits per heavy atom. The summed E-state index contributed by atoms with van der Waals surface area (Å²) in [5.74, 6) is 1.76. The lowest BCUT2D eigenvalue weighted by molar-refractivity contribution is 0.527. The third-order valence-electron chi connectivity index (χ3n) is 2.28. The van der Waals surface area contributed by atoms with Crippen LogP contribution in [0, 0.1) is 0 Å². The summed E-state index contributed by atoms with van der Waals surface area (Å²) in [5.41, 5.74) is 0.871. The van der Waals surface area contributed by atoms with Gasteiger partial charge in [-0.05, 0) is 37.4 Å². The van der Waals surface area contributed by atoms with Gasteiger partial charge in [0.2, 0.25) is 0 Å². The van der Waals surface area contributed by atoms with Crippen molar-refractivity contribution in [2.45, 2.75) is 19.5 Å². The molecule has 1 heterocycles. The van der Waals surface area contributed by atoms with Crippen molar-refractivity contribution < 1.29 is 8.84 Å². The molecule has 1 aromatic heterocycles. The van der Waals surface area contributed by atoms with Crippen LogP contribution in [0.1, 0.15) is 5.76 Å². The maximum Gasteiger partial charge on any atom is 0.274 e. The van der Waals surface area contributed by atoms with Crippen LogP contribution in [0.2, 0.25) is 13.1 Å². The Balaban J connectivity index is 2.06. The Labute approximate surface area is 109 Å². The minimum atomic E-state index is -0.769. The van der Waals surface area contributed by atoms with Crippen LogP contribution >= 0.6 is 0 Å². The van der Waals surface area contributed by atoms with Crippen LogP contribution in [0.3, 0.4) is 0 Å². The minimum Gasteiger partial charge on any atom is -0.541 e. The van der Waals surface area contributed by atoms with Gasteiger partial charge < -0.3 is 8.84 Å². The van der Waals surface area contributed by atoms with Gasteiger partial charge in [0.15, 0.2) is 0 Å². The van der Waals surface area contributed by atoms with Crippen LogP contribution in [0.25, 0.3) is 0 Å². The molecule has 0 spiro atoms. The lowest BCUT2D eigenvalue weighted by atomic mass is 10.3. The Bertz CT molecular complexity index is 506. The molecular weight excluding hydrogens is 242 g/mol. The first kappa shape index (κ1) is 12.6. The summed E-state index contributed by atoms with van der Waals surface area (Å²) < 4.78 is 11.0. The number of hydrogen-bond donors (Lipinski definition) is 0. The normalized spacial score (nSPS) is 11.3. The molecule has 1 aromatic carbocycles. The van der Waals surface area contributed by atoms with Gasteiger partial charge in [0, 0.05) is 12.6 Å². The van der Waals surface area contributed by atoms with Crippen molar-refractivity contribution in [3.05, 3.63) is 48.4 Å². The molecule has 0 aliphatic rings. The second-order valence-electron chi connectivity index (χ2n) is 4.07. The quantitative estimate of drug-likeness (QED) is 0.603. The van der Waals surface area contributed by atoms with Crippen molar-refractivity contribution in [3.8, 4) is 5.75 Å². The Morgan fingerprint density at radius 2 is 2.06 bits per heavy atom. The second-order valence-corrected chi connectivity index (χ2v) is 6.09. The zero-order valence-corrected chi connectivity index (χ0v) is 11.6. The number of nitrogens with zero attached hydrogens (tertiary/aromatic N) is 1. The van der Waals surface area contributed by atoms with E-state index in [2.05, 4.69) is 18.1 Å². The third-order valence-corrected chi connectivity index (χ3v) is 2.91. The molecule has 0 atom stereocenters. The van der Waals surface area contributed by atoms with Crippen molar-refractivity contribution in [2.75, 3.05) is 0 Å². The van der Waals surface area contributed by atoms with Crippen LogP contribution in [-0.2, 0) is 6.42 Å². The molecule has 0 unspecified atom stereocenters. The summed E-state index contributed by atoms with van der Waals surface area (Å²) in [6.07, 6.45) is 4.21. The van der Waals surface area contributed by atoms with Crippen LogP contribution < -0.4 is 4.43 Å². The van der Waals surface area contributed by atoms with Crippen LogP contribution in [-0.4, -0.2) is 15.3 Å². The van der Waals surface area contributed by atoms with Gasteiger partial charge in [-0.2, -0.15) is 0 Å². The average Bonchev–Trinajstić information content (AvgIpc) is 2.84. The Morgan fingerprint density at radius 3 is 2.78 bits per heavy atom. The number of furan rings is 1. The van der Waals surface area contributed by atoms with Gasteiger partial charge in [-0.1, -0.05) is 12.1 Å². The smallest absolute Gasteiger partial charge is 0.274 e. The van der Waals surface area contributed by atoms with Gasteiger partial charge >= 0.3 is 0 Å². The molecule has 18 heavy (non-hydrogen) atoms. The fourth-order valence-electron chi connectivity index (χ4n) is 1.53. The summed E-state index contributed by atoms with van der Waals surface area (Å²) in [6.45, 7) is 4.21. The van der Waals surface area contributed by atoms with Gasteiger partial charge in [0.1, 0.15) is 17.2 Å². The van der Waals surface area contributed by atoms with Crippen molar-refractivity contribution in [2.24, 2.45) is 4.99 Å². The number of benzene rings is 1. The highest BCUT2D eigenvalue weighted by molar-refractivity contribution is 6.49. The molecule has 3 nitrogen and oxygen atoms in total. The third kappa shape index (κ3) is 3.60. The molecule has 1 radical (unpaired) electrons. The van der Waals surface area contributed by atoms with Crippen LogP contribution in [0.5, 0.6) is 5.75 Å². The van der Waals surface area contributed by atoms with E-state index in [1.165, 1.54) is 0 Å². The van der Waals surface area contributed by atoms with Crippen LogP contribution in [0.4, 0.5) is 5.69 Å². The van der Waals surface area contributed by atoms with Gasteiger partial charge in [0.05, 0.1) is 6.26 Å².